The van der Waals surface area contributed by atoms with E-state index >= 15 is 0 Å². The third-order valence-corrected chi connectivity index (χ3v) is 3.93. The smallest absolute Gasteiger partial charge is 0.260 e. The van der Waals surface area contributed by atoms with E-state index in [4.69, 9.17) is 10.5 Å². The van der Waals surface area contributed by atoms with Crippen LogP contribution in [0.4, 0.5) is 4.39 Å². The standard InChI is InChI=1S/C19H23FN2O2/c1-3-22(4-2)19(23)13-24-18-10-7-15(11-16(18)12-21)14-5-8-17(20)9-6-14/h5-11H,3-4,12-13,21H2,1-2H3. The largest absolute Gasteiger partial charge is 0.483 e. The Morgan fingerprint density at radius 2 is 1.71 bits per heavy atom. The summed E-state index contributed by atoms with van der Waals surface area (Å²) in [5.41, 5.74) is 8.44. The molecule has 0 aliphatic rings. The van der Waals surface area contributed by atoms with Gasteiger partial charge in [-0.15, -0.1) is 0 Å². The molecule has 0 atom stereocenters. The SMILES string of the molecule is CCN(CC)C(=O)COc1ccc(-c2ccc(F)cc2)cc1CN. The number of hydrogen-bond acceptors (Lipinski definition) is 3. The van der Waals surface area contributed by atoms with E-state index < -0.39 is 0 Å². The molecule has 128 valence electrons. The van der Waals surface area contributed by atoms with E-state index in [2.05, 4.69) is 0 Å². The monoisotopic (exact) mass is 330 g/mol. The van der Waals surface area contributed by atoms with Crippen LogP contribution in [0.25, 0.3) is 11.1 Å². The van der Waals surface area contributed by atoms with Crippen LogP contribution in [0.5, 0.6) is 5.75 Å². The zero-order valence-electron chi connectivity index (χ0n) is 14.1. The van der Waals surface area contributed by atoms with Crippen molar-refractivity contribution in [2.24, 2.45) is 5.73 Å². The lowest BCUT2D eigenvalue weighted by molar-refractivity contribution is -0.132. The van der Waals surface area contributed by atoms with Crippen molar-refractivity contribution in [2.45, 2.75) is 20.4 Å². The first-order valence-electron chi connectivity index (χ1n) is 8.08. The Kier molecular flexibility index (Phi) is 6.32. The Bertz CT molecular complexity index is 682. The average molecular weight is 330 g/mol. The molecule has 0 unspecified atom stereocenters. The van der Waals surface area contributed by atoms with Gasteiger partial charge >= 0.3 is 0 Å². The third kappa shape index (κ3) is 4.32. The van der Waals surface area contributed by atoms with E-state index in [1.54, 1.807) is 23.1 Å². The lowest BCUT2D eigenvalue weighted by Crippen LogP contribution is -2.34. The maximum atomic E-state index is 13.0. The number of ether oxygens (including phenoxy) is 1. The molecule has 0 aromatic heterocycles. The first kappa shape index (κ1) is 17.9. The molecule has 2 rings (SSSR count). The Morgan fingerprint density at radius 3 is 2.29 bits per heavy atom. The maximum Gasteiger partial charge on any atom is 0.260 e. The molecule has 24 heavy (non-hydrogen) atoms. The number of carbonyl (C=O) groups is 1. The molecule has 0 saturated heterocycles. The van der Waals surface area contributed by atoms with Crippen LogP contribution < -0.4 is 10.5 Å². The van der Waals surface area contributed by atoms with Gasteiger partial charge in [0.25, 0.3) is 5.91 Å². The number of nitrogens with two attached hydrogens (primary N) is 1. The van der Waals surface area contributed by atoms with Gasteiger partial charge < -0.3 is 15.4 Å². The summed E-state index contributed by atoms with van der Waals surface area (Å²) in [7, 11) is 0. The summed E-state index contributed by atoms with van der Waals surface area (Å²) in [6.45, 7) is 5.47. The van der Waals surface area contributed by atoms with Crippen molar-refractivity contribution in [2.75, 3.05) is 19.7 Å². The van der Waals surface area contributed by atoms with Gasteiger partial charge in [0.2, 0.25) is 0 Å². The minimum atomic E-state index is -0.271. The number of rotatable bonds is 7. The first-order valence-corrected chi connectivity index (χ1v) is 8.08. The normalized spacial score (nSPS) is 10.5. The van der Waals surface area contributed by atoms with Gasteiger partial charge in [0, 0.05) is 25.2 Å². The summed E-state index contributed by atoms with van der Waals surface area (Å²) < 4.78 is 18.7. The Hall–Kier alpha value is -2.40. The highest BCUT2D eigenvalue weighted by Crippen LogP contribution is 2.27. The predicted molar refractivity (Wildman–Crippen MR) is 93.2 cm³/mol. The highest BCUT2D eigenvalue weighted by atomic mass is 19.1. The van der Waals surface area contributed by atoms with E-state index in [9.17, 15) is 9.18 Å². The van der Waals surface area contributed by atoms with Crippen LogP contribution in [0.15, 0.2) is 42.5 Å². The second kappa shape index (κ2) is 8.45. The van der Waals surface area contributed by atoms with Gasteiger partial charge in [0.05, 0.1) is 0 Å². The van der Waals surface area contributed by atoms with Gasteiger partial charge in [-0.2, -0.15) is 0 Å². The van der Waals surface area contributed by atoms with E-state index in [1.807, 2.05) is 26.0 Å². The molecule has 0 fully saturated rings. The fourth-order valence-corrected chi connectivity index (χ4v) is 2.51. The predicted octanol–water partition coefficient (Wildman–Crippen LogP) is 3.20. The van der Waals surface area contributed by atoms with Crippen molar-refractivity contribution in [1.82, 2.24) is 4.90 Å². The van der Waals surface area contributed by atoms with Crippen LogP contribution in [-0.2, 0) is 11.3 Å². The number of amides is 1. The highest BCUT2D eigenvalue weighted by Gasteiger charge is 2.12. The molecule has 0 heterocycles. The van der Waals surface area contributed by atoms with Crippen molar-refractivity contribution in [1.29, 1.82) is 0 Å². The fourth-order valence-electron chi connectivity index (χ4n) is 2.51. The van der Waals surface area contributed by atoms with Crippen molar-refractivity contribution in [3.05, 3.63) is 53.8 Å². The van der Waals surface area contributed by atoms with E-state index in [1.165, 1.54) is 12.1 Å². The van der Waals surface area contributed by atoms with Crippen LogP contribution in [-0.4, -0.2) is 30.5 Å². The molecule has 0 bridgehead atoms. The average Bonchev–Trinajstić information content (AvgIpc) is 2.61. The minimum Gasteiger partial charge on any atom is -0.483 e. The molecule has 0 aliphatic carbocycles. The van der Waals surface area contributed by atoms with Gasteiger partial charge in [-0.1, -0.05) is 18.2 Å². The summed E-state index contributed by atoms with van der Waals surface area (Å²) >= 11 is 0. The van der Waals surface area contributed by atoms with Crippen molar-refractivity contribution < 1.29 is 13.9 Å². The van der Waals surface area contributed by atoms with Gasteiger partial charge in [0.15, 0.2) is 6.61 Å². The van der Waals surface area contributed by atoms with Crippen LogP contribution in [0.3, 0.4) is 0 Å². The molecule has 5 heteroatoms. The molecule has 0 saturated carbocycles. The molecule has 2 aromatic carbocycles. The van der Waals surface area contributed by atoms with Crippen LogP contribution in [0.2, 0.25) is 0 Å². The van der Waals surface area contributed by atoms with Crippen molar-refractivity contribution in [3.63, 3.8) is 0 Å². The molecule has 0 aliphatic heterocycles. The molecule has 0 radical (unpaired) electrons. The first-order chi connectivity index (χ1) is 11.6. The lowest BCUT2D eigenvalue weighted by atomic mass is 10.0. The van der Waals surface area contributed by atoms with Crippen molar-refractivity contribution in [3.8, 4) is 16.9 Å². The van der Waals surface area contributed by atoms with E-state index in [-0.39, 0.29) is 18.3 Å². The Labute approximate surface area is 142 Å². The molecule has 2 N–H and O–H groups in total. The molecule has 0 spiro atoms. The number of likely N-dealkylation sites (N-methyl/N-ethyl adjacent to an activating group) is 1. The third-order valence-electron chi connectivity index (χ3n) is 3.93. The molecule has 2 aromatic rings. The fraction of sp³-hybridized carbons (Fsp3) is 0.316. The summed E-state index contributed by atoms with van der Waals surface area (Å²) in [5.74, 6) is 0.280. The van der Waals surface area contributed by atoms with E-state index in [0.717, 1.165) is 16.7 Å². The number of carbonyl (C=O) groups excluding carboxylic acids is 1. The van der Waals surface area contributed by atoms with Crippen LogP contribution >= 0.6 is 0 Å². The van der Waals surface area contributed by atoms with Gasteiger partial charge in [0.1, 0.15) is 11.6 Å². The summed E-state index contributed by atoms with van der Waals surface area (Å²) in [5, 5.41) is 0. The van der Waals surface area contributed by atoms with Crippen molar-refractivity contribution >= 4 is 5.91 Å². The zero-order valence-corrected chi connectivity index (χ0v) is 14.1. The molecule has 1 amide bonds. The highest BCUT2D eigenvalue weighted by molar-refractivity contribution is 5.77. The summed E-state index contributed by atoms with van der Waals surface area (Å²) in [4.78, 5) is 13.8. The molecule has 4 nitrogen and oxygen atoms in total. The Morgan fingerprint density at radius 1 is 1.08 bits per heavy atom. The summed E-state index contributed by atoms with van der Waals surface area (Å²) in [6.07, 6.45) is 0. The second-order valence-corrected chi connectivity index (χ2v) is 5.39. The van der Waals surface area contributed by atoms with Crippen LogP contribution in [0.1, 0.15) is 19.4 Å². The quantitative estimate of drug-likeness (QED) is 0.848. The van der Waals surface area contributed by atoms with Gasteiger partial charge in [-0.05, 0) is 49.2 Å². The number of halogens is 1. The molecular weight excluding hydrogens is 307 g/mol. The molecular formula is C19H23FN2O2. The van der Waals surface area contributed by atoms with Gasteiger partial charge in [-0.3, -0.25) is 4.79 Å². The van der Waals surface area contributed by atoms with Crippen LogP contribution in [0, 0.1) is 5.82 Å². The summed E-state index contributed by atoms with van der Waals surface area (Å²) in [6, 6.07) is 11.9. The number of nitrogens with zero attached hydrogens (tertiary/aromatic N) is 1. The lowest BCUT2D eigenvalue weighted by Gasteiger charge is -2.19. The number of benzene rings is 2. The van der Waals surface area contributed by atoms with Gasteiger partial charge in [-0.25, -0.2) is 4.39 Å². The number of hydrogen-bond donors (Lipinski definition) is 1. The zero-order chi connectivity index (χ0) is 17.5. The topological polar surface area (TPSA) is 55.6 Å². The minimum absolute atomic E-state index is 0.00935. The Balaban J connectivity index is 2.14. The van der Waals surface area contributed by atoms with E-state index in [0.29, 0.717) is 25.4 Å². The maximum absolute atomic E-state index is 13.0. The second-order valence-electron chi connectivity index (χ2n) is 5.39.